The Morgan fingerprint density at radius 3 is 2.64 bits per heavy atom. The first kappa shape index (κ1) is 18.1. The van der Waals surface area contributed by atoms with Crippen molar-refractivity contribution in [2.24, 2.45) is 0 Å². The van der Waals surface area contributed by atoms with Gasteiger partial charge in [0.1, 0.15) is 10.9 Å². The highest BCUT2D eigenvalue weighted by Gasteiger charge is 2.38. The molecule has 2 aliphatic heterocycles. The van der Waals surface area contributed by atoms with Crippen LogP contribution in [0.2, 0.25) is 0 Å². The van der Waals surface area contributed by atoms with E-state index in [0.717, 1.165) is 5.56 Å². The molecule has 0 unspecified atom stereocenters. The van der Waals surface area contributed by atoms with Crippen molar-refractivity contribution < 1.29 is 13.2 Å². The fourth-order valence-corrected chi connectivity index (χ4v) is 6.14. The van der Waals surface area contributed by atoms with Crippen molar-refractivity contribution in [3.05, 3.63) is 39.7 Å². The van der Waals surface area contributed by atoms with Crippen molar-refractivity contribution in [2.75, 3.05) is 12.3 Å². The molecule has 1 N–H and O–H groups in total. The summed E-state index contributed by atoms with van der Waals surface area (Å²) in [5.41, 5.74) is 5.51. The summed E-state index contributed by atoms with van der Waals surface area (Å²) in [5.74, 6) is 2.00. The highest BCUT2D eigenvalue weighted by molar-refractivity contribution is 7.91. The van der Waals surface area contributed by atoms with Crippen LogP contribution in [0.25, 0.3) is 5.57 Å². The molecule has 0 saturated carbocycles. The molecule has 0 bridgehead atoms. The lowest BCUT2D eigenvalue weighted by atomic mass is 9.80. The zero-order valence-electron chi connectivity index (χ0n) is 14.7. The lowest BCUT2D eigenvalue weighted by molar-refractivity contribution is 0.334. The van der Waals surface area contributed by atoms with E-state index < -0.39 is 9.84 Å². The van der Waals surface area contributed by atoms with Crippen LogP contribution >= 0.6 is 11.6 Å². The Morgan fingerprint density at radius 1 is 1.36 bits per heavy atom. The molecule has 0 aliphatic carbocycles. The average Bonchev–Trinajstić information content (AvgIpc) is 2.87. The van der Waals surface area contributed by atoms with E-state index >= 15 is 0 Å². The van der Waals surface area contributed by atoms with E-state index in [0.29, 0.717) is 39.7 Å². The maximum absolute atomic E-state index is 12.7. The van der Waals surface area contributed by atoms with Crippen LogP contribution in [0.4, 0.5) is 0 Å². The highest BCUT2D eigenvalue weighted by atomic mass is 35.5. The van der Waals surface area contributed by atoms with Gasteiger partial charge in [-0.3, -0.25) is 10.4 Å². The second-order valence-corrected chi connectivity index (χ2v) is 9.47. The molecule has 134 valence electrons. The number of nitrogens with one attached hydrogen (secondary N) is 1. The summed E-state index contributed by atoms with van der Waals surface area (Å²) in [4.78, 5) is 11.7. The Labute approximate surface area is 153 Å². The van der Waals surface area contributed by atoms with Gasteiger partial charge in [0.2, 0.25) is 0 Å². The second-order valence-electron chi connectivity index (χ2n) is 7.07. The lowest BCUT2D eigenvalue weighted by Crippen LogP contribution is -2.31. The number of carbonyl (C=O) groups excluding carboxylic acids is 1. The van der Waals surface area contributed by atoms with E-state index in [2.05, 4.69) is 19.3 Å². The molecule has 0 spiro atoms. The van der Waals surface area contributed by atoms with Gasteiger partial charge in [-0.1, -0.05) is 37.6 Å². The van der Waals surface area contributed by atoms with Crippen LogP contribution in [0.15, 0.2) is 27.9 Å². The number of hydrogen-bond donors (Lipinski definition) is 1. The van der Waals surface area contributed by atoms with Gasteiger partial charge in [0.15, 0.2) is 15.8 Å². The number of allylic oxidation sites excluding steroid dienone is 1. The number of fused-ring (bicyclic) bond motifs is 1. The lowest BCUT2D eigenvalue weighted by Gasteiger charge is -2.33. The summed E-state index contributed by atoms with van der Waals surface area (Å²) in [6, 6.07) is 3.70. The quantitative estimate of drug-likeness (QED) is 0.631. The Morgan fingerprint density at radius 2 is 2.04 bits per heavy atom. The van der Waals surface area contributed by atoms with Crippen LogP contribution in [-0.4, -0.2) is 31.7 Å². The van der Waals surface area contributed by atoms with Crippen LogP contribution < -0.4 is 5.43 Å². The van der Waals surface area contributed by atoms with E-state index in [9.17, 15) is 13.2 Å². The molecule has 1 aromatic rings. The minimum atomic E-state index is -3.36. The van der Waals surface area contributed by atoms with Crippen molar-refractivity contribution in [3.8, 4) is 0 Å². The fraction of sp³-hybridized carbons (Fsp3) is 0.444. The fourth-order valence-electron chi connectivity index (χ4n) is 3.54. The van der Waals surface area contributed by atoms with Crippen LogP contribution in [-0.2, 0) is 20.0 Å². The van der Waals surface area contributed by atoms with Gasteiger partial charge < -0.3 is 0 Å². The van der Waals surface area contributed by atoms with Gasteiger partial charge in [0.05, 0.1) is 16.2 Å². The second kappa shape index (κ2) is 5.90. The predicted molar refractivity (Wildman–Crippen MR) is 98.4 cm³/mol. The Balaban J connectivity index is 2.32. The zero-order chi connectivity index (χ0) is 18.6. The van der Waals surface area contributed by atoms with Crippen molar-refractivity contribution in [1.82, 2.24) is 10.4 Å². The Hall–Kier alpha value is -1.75. The van der Waals surface area contributed by atoms with Crippen LogP contribution in [0.3, 0.4) is 0 Å². The Bertz CT molecular complexity index is 941. The first-order chi connectivity index (χ1) is 11.6. The molecule has 2 heterocycles. The van der Waals surface area contributed by atoms with Gasteiger partial charge in [-0.05, 0) is 42.4 Å². The van der Waals surface area contributed by atoms with Crippen molar-refractivity contribution >= 4 is 33.0 Å². The van der Waals surface area contributed by atoms with Crippen molar-refractivity contribution in [1.29, 1.82) is 0 Å². The third-order valence-corrected chi connectivity index (χ3v) is 7.35. The summed E-state index contributed by atoms with van der Waals surface area (Å²) in [6.45, 7) is 8.34. The standard InChI is InChI=1S/C18H21ClN2O3S/c1-5-21-17(19)15(14(10-22)20-21)12-6-7-13-16(11(12)2)25(23,24)9-8-18(13,3)4/h6-7,20H,5,8-9H2,1-4H3. The summed E-state index contributed by atoms with van der Waals surface area (Å²) in [5, 5.41) is 2.01. The van der Waals surface area contributed by atoms with E-state index in [-0.39, 0.29) is 16.9 Å². The first-order valence-corrected chi connectivity index (χ1v) is 10.2. The van der Waals surface area contributed by atoms with Crippen LogP contribution in [0, 0.1) is 6.92 Å². The molecule has 0 aromatic heterocycles. The number of nitrogens with zero attached hydrogens (tertiary/aromatic N) is 1. The van der Waals surface area contributed by atoms with Crippen molar-refractivity contribution in [3.63, 3.8) is 0 Å². The molecule has 3 rings (SSSR count). The molecule has 5 nitrogen and oxygen atoms in total. The zero-order valence-corrected chi connectivity index (χ0v) is 16.3. The summed E-state index contributed by atoms with van der Waals surface area (Å²) in [6.07, 6.45) is 0.592. The Kier molecular flexibility index (Phi) is 4.26. The number of hydrazine groups is 1. The summed E-state index contributed by atoms with van der Waals surface area (Å²) in [7, 11) is -3.36. The van der Waals surface area contributed by atoms with Crippen LogP contribution in [0.1, 0.15) is 43.9 Å². The molecule has 0 fully saturated rings. The molecular formula is C18H21ClN2O3S. The predicted octanol–water partition coefficient (Wildman–Crippen LogP) is 2.91. The van der Waals surface area contributed by atoms with Gasteiger partial charge in [0.25, 0.3) is 0 Å². The van der Waals surface area contributed by atoms with E-state index in [1.165, 1.54) is 0 Å². The smallest absolute Gasteiger partial charge is 0.178 e. The first-order valence-electron chi connectivity index (χ1n) is 8.20. The minimum Gasteiger partial charge on any atom is -0.286 e. The number of hydrogen-bond acceptors (Lipinski definition) is 5. The number of benzene rings is 1. The third kappa shape index (κ3) is 2.69. The molecule has 0 atom stereocenters. The largest absolute Gasteiger partial charge is 0.286 e. The monoisotopic (exact) mass is 380 g/mol. The maximum atomic E-state index is 12.7. The van der Waals surface area contributed by atoms with E-state index in [1.54, 1.807) is 11.9 Å². The normalized spacial score (nSPS) is 21.0. The molecule has 7 heteroatoms. The molecule has 0 amide bonds. The van der Waals surface area contributed by atoms with Gasteiger partial charge >= 0.3 is 0 Å². The topological polar surface area (TPSA) is 66.5 Å². The molecular weight excluding hydrogens is 360 g/mol. The molecule has 2 aliphatic rings. The van der Waals surface area contributed by atoms with Crippen LogP contribution in [0.5, 0.6) is 0 Å². The van der Waals surface area contributed by atoms with Gasteiger partial charge in [-0.15, -0.1) is 0 Å². The summed E-state index contributed by atoms with van der Waals surface area (Å²) < 4.78 is 25.5. The van der Waals surface area contributed by atoms with E-state index in [1.807, 2.05) is 25.0 Å². The SMILES string of the molecule is CCN1NC(=C=O)C(c2ccc3c(c2C)S(=O)(=O)CCC3(C)C)=C1Cl. The maximum Gasteiger partial charge on any atom is 0.178 e. The third-order valence-electron chi connectivity index (χ3n) is 5.07. The average molecular weight is 381 g/mol. The summed E-state index contributed by atoms with van der Waals surface area (Å²) >= 11 is 6.43. The number of sulfone groups is 1. The minimum absolute atomic E-state index is 0.125. The van der Waals surface area contributed by atoms with Crippen molar-refractivity contribution in [2.45, 2.75) is 44.4 Å². The highest BCUT2D eigenvalue weighted by Crippen LogP contribution is 2.44. The number of rotatable bonds is 2. The molecule has 1 aromatic carbocycles. The van der Waals surface area contributed by atoms with E-state index in [4.69, 9.17) is 11.6 Å². The molecule has 0 radical (unpaired) electrons. The van der Waals surface area contributed by atoms with Gasteiger partial charge in [0, 0.05) is 6.54 Å². The van der Waals surface area contributed by atoms with Gasteiger partial charge in [-0.25, -0.2) is 13.2 Å². The van der Waals surface area contributed by atoms with Gasteiger partial charge in [-0.2, -0.15) is 0 Å². The molecule has 25 heavy (non-hydrogen) atoms. The molecule has 0 saturated heterocycles. The number of halogens is 1.